The van der Waals surface area contributed by atoms with E-state index < -0.39 is 29.4 Å². The van der Waals surface area contributed by atoms with Crippen LogP contribution in [0.1, 0.15) is 13.2 Å². The number of carboxylic acids is 1. The monoisotopic (exact) mass is 168 g/mol. The molecule has 0 aliphatic rings. The fourth-order valence-electron chi connectivity index (χ4n) is 0.430. The molecule has 11 heavy (non-hydrogen) atoms. The number of likely N-dealkylation sites (N-methyl/N-ethyl adjacent to an activating group) is 1. The third-order valence-electron chi connectivity index (χ3n) is 0.657. The zero-order chi connectivity index (χ0) is 14.3. The van der Waals surface area contributed by atoms with E-state index in [4.69, 9.17) is 13.4 Å². The van der Waals surface area contributed by atoms with E-state index in [2.05, 4.69) is 5.11 Å². The molecule has 66 valence electrons. The SMILES string of the molecule is [2H]O[C@@]([2H])(C([2H])([2H])C(=O)O)C([2H])([2H])[N+](C)(C)C. The van der Waals surface area contributed by atoms with Gasteiger partial charge in [0, 0.05) is 2.74 Å². The predicted molar refractivity (Wildman–Crippen MR) is 41.2 cm³/mol. The quantitative estimate of drug-likeness (QED) is 0.546. The van der Waals surface area contributed by atoms with E-state index in [0.717, 1.165) is 0 Å². The molecule has 0 heterocycles. The number of aliphatic carboxylic acids is 1. The molecule has 0 radical (unpaired) electrons. The van der Waals surface area contributed by atoms with E-state index in [1.54, 1.807) is 0 Å². The smallest absolute Gasteiger partial charge is 0.306 e. The van der Waals surface area contributed by atoms with Crippen LogP contribution in [0.5, 0.6) is 0 Å². The van der Waals surface area contributed by atoms with Crippen LogP contribution in [0.3, 0.4) is 0 Å². The molecule has 0 saturated heterocycles. The average molecular weight is 168 g/mol. The summed E-state index contributed by atoms with van der Waals surface area (Å²) in [6, 6.07) is 0. The largest absolute Gasteiger partial charge is 0.481 e. The van der Waals surface area contributed by atoms with Crippen molar-refractivity contribution < 1.29 is 26.3 Å². The Morgan fingerprint density at radius 3 is 2.64 bits per heavy atom. The fraction of sp³-hybridized carbons (Fsp3) is 0.857. The molecule has 0 aromatic carbocycles. The Morgan fingerprint density at radius 2 is 2.36 bits per heavy atom. The zero-order valence-electron chi connectivity index (χ0n) is 12.7. The first-order chi connectivity index (χ1) is 7.25. The van der Waals surface area contributed by atoms with E-state index in [1.165, 1.54) is 21.1 Å². The number of nitrogens with zero attached hydrogens (tertiary/aromatic N) is 1. The van der Waals surface area contributed by atoms with Gasteiger partial charge in [-0.25, -0.2) is 0 Å². The minimum absolute atomic E-state index is 0.595. The summed E-state index contributed by atoms with van der Waals surface area (Å²) < 4.78 is 43.6. The van der Waals surface area contributed by atoms with Gasteiger partial charge >= 0.3 is 5.97 Å². The van der Waals surface area contributed by atoms with Crippen molar-refractivity contribution in [2.45, 2.75) is 12.5 Å². The van der Waals surface area contributed by atoms with Crippen LogP contribution in [0.15, 0.2) is 0 Å². The van der Waals surface area contributed by atoms with Crippen molar-refractivity contribution in [1.29, 1.82) is 1.43 Å². The lowest BCUT2D eigenvalue weighted by atomic mass is 10.2. The Morgan fingerprint density at radius 1 is 1.82 bits per heavy atom. The van der Waals surface area contributed by atoms with Crippen LogP contribution < -0.4 is 0 Å². The van der Waals surface area contributed by atoms with Gasteiger partial charge in [0.2, 0.25) is 1.43 Å². The van der Waals surface area contributed by atoms with Gasteiger partial charge in [0.25, 0.3) is 0 Å². The van der Waals surface area contributed by atoms with Gasteiger partial charge in [-0.15, -0.1) is 0 Å². The Balaban J connectivity index is 5.84. The first-order valence-corrected chi connectivity index (χ1v) is 2.95. The van der Waals surface area contributed by atoms with Gasteiger partial charge in [-0.2, -0.15) is 0 Å². The number of hydrogen-bond acceptors (Lipinski definition) is 2. The summed E-state index contributed by atoms with van der Waals surface area (Å²) >= 11 is 0. The molecule has 0 rings (SSSR count). The molecule has 0 bridgehead atoms. The highest BCUT2D eigenvalue weighted by Crippen LogP contribution is 1.98. The molecule has 0 aliphatic carbocycles. The van der Waals surface area contributed by atoms with Crippen molar-refractivity contribution in [2.75, 3.05) is 27.6 Å². The summed E-state index contributed by atoms with van der Waals surface area (Å²) in [5, 5.41) is 12.5. The second kappa shape index (κ2) is 3.69. The predicted octanol–water partition coefficient (Wildman–Crippen LogP) is -0.472. The van der Waals surface area contributed by atoms with E-state index in [0.29, 0.717) is 0 Å². The van der Waals surface area contributed by atoms with E-state index in [-0.39, 0.29) is 0 Å². The van der Waals surface area contributed by atoms with Crippen LogP contribution >= 0.6 is 0 Å². The van der Waals surface area contributed by atoms with Crippen molar-refractivity contribution in [3.8, 4) is 0 Å². The van der Waals surface area contributed by atoms with Crippen LogP contribution in [-0.2, 0) is 4.79 Å². The number of hydrogen-bond donors (Lipinski definition) is 2. The summed E-state index contributed by atoms with van der Waals surface area (Å²) in [6.07, 6.45) is -6.58. The molecule has 4 heteroatoms. The van der Waals surface area contributed by atoms with E-state index in [9.17, 15) is 4.79 Å². The molecule has 0 amide bonds. The summed E-state index contributed by atoms with van der Waals surface area (Å²) in [5.41, 5.74) is 0. The maximum absolute atomic E-state index is 10.8. The van der Waals surface area contributed by atoms with E-state index in [1.807, 2.05) is 0 Å². The second-order valence-electron chi connectivity index (χ2n) is 2.88. The molecule has 0 unspecified atom stereocenters. The molecule has 0 aliphatic heterocycles. The van der Waals surface area contributed by atoms with Gasteiger partial charge in [0.15, 0.2) is 0 Å². The van der Waals surface area contributed by atoms with Crippen LogP contribution in [-0.4, -0.2) is 55.8 Å². The maximum Gasteiger partial charge on any atom is 0.306 e. The first-order valence-electron chi connectivity index (χ1n) is 5.86. The van der Waals surface area contributed by atoms with Crippen LogP contribution in [0.2, 0.25) is 0 Å². The lowest BCUT2D eigenvalue weighted by Gasteiger charge is -2.25. The van der Waals surface area contributed by atoms with Gasteiger partial charge in [-0.05, 0) is 0 Å². The van der Waals surface area contributed by atoms with Crippen molar-refractivity contribution in [2.24, 2.45) is 0 Å². The molecule has 0 fully saturated rings. The number of quaternary nitrogens is 1. The zero-order valence-corrected chi connectivity index (χ0v) is 6.71. The maximum atomic E-state index is 10.8. The molecular weight excluding hydrogens is 146 g/mol. The first kappa shape index (κ1) is 3.87. The van der Waals surface area contributed by atoms with Crippen molar-refractivity contribution in [3.05, 3.63) is 0 Å². The standard InChI is InChI=1S/C7H15NO3/c1-8(2,3)5-6(9)4-7(10)11/h6,9H,4-5H2,1-3H3/p+1/t6-/m0/s1/i4D2,5D2,6D,9D. The van der Waals surface area contributed by atoms with Gasteiger partial charge in [-0.3, -0.25) is 4.79 Å². The molecule has 0 spiro atoms. The molecule has 0 aromatic rings. The molecule has 0 aromatic heterocycles. The van der Waals surface area contributed by atoms with Crippen LogP contribution in [0, 0.1) is 0 Å². The topological polar surface area (TPSA) is 57.5 Å². The molecule has 0 saturated carbocycles. The second-order valence-corrected chi connectivity index (χ2v) is 2.88. The van der Waals surface area contributed by atoms with Crippen molar-refractivity contribution in [1.82, 2.24) is 0 Å². The number of carboxylic acid groups (broad SMARTS) is 1. The lowest BCUT2D eigenvalue weighted by Crippen LogP contribution is -2.42. The van der Waals surface area contributed by atoms with Crippen LogP contribution in [0.4, 0.5) is 0 Å². The molecule has 2 N–H and O–H groups in total. The number of aliphatic hydroxyl groups is 1. The summed E-state index contributed by atoms with van der Waals surface area (Å²) in [6.45, 7) is -2.75. The lowest BCUT2D eigenvalue weighted by molar-refractivity contribution is -0.873. The average Bonchev–Trinajstić information content (AvgIpc) is 2.13. The minimum atomic E-state index is -3.37. The van der Waals surface area contributed by atoms with Crippen LogP contribution in [0.25, 0.3) is 0 Å². The molecule has 1 atom stereocenters. The Bertz CT molecular complexity index is 315. The fourth-order valence-corrected chi connectivity index (χ4v) is 0.430. The Hall–Kier alpha value is -0.610. The number of rotatable bonds is 5. The highest BCUT2D eigenvalue weighted by molar-refractivity contribution is 5.67. The number of carbonyl (C=O) groups is 1. The minimum Gasteiger partial charge on any atom is -0.481 e. The van der Waals surface area contributed by atoms with Gasteiger partial charge in [-0.1, -0.05) is 0 Å². The Kier molecular flexibility index (Phi) is 1.30. The summed E-state index contributed by atoms with van der Waals surface area (Å²) in [4.78, 5) is 10.8. The summed E-state index contributed by atoms with van der Waals surface area (Å²) in [5.74, 6) is -2.06. The molecular formula is C7H16NO3+. The normalized spacial score (nSPS) is 27.9. The summed E-state index contributed by atoms with van der Waals surface area (Å²) in [7, 11) is 3.92. The Labute approximate surface area is 75.2 Å². The van der Waals surface area contributed by atoms with Gasteiger partial charge < -0.3 is 14.7 Å². The van der Waals surface area contributed by atoms with E-state index >= 15 is 0 Å². The highest BCUT2D eigenvalue weighted by atomic mass is 16.4. The molecule has 4 nitrogen and oxygen atoms in total. The highest BCUT2D eigenvalue weighted by Gasteiger charge is 2.17. The van der Waals surface area contributed by atoms with Crippen molar-refractivity contribution in [3.63, 3.8) is 0 Å². The van der Waals surface area contributed by atoms with Gasteiger partial charge in [0.1, 0.15) is 12.6 Å². The third-order valence-corrected chi connectivity index (χ3v) is 0.657. The third kappa shape index (κ3) is 7.29. The van der Waals surface area contributed by atoms with Crippen molar-refractivity contribution >= 4 is 5.97 Å². The van der Waals surface area contributed by atoms with Gasteiger partial charge in [0.05, 0.1) is 31.6 Å².